The molecule has 0 fully saturated rings. The maximum Gasteiger partial charge on any atom is 0.420 e. The molecule has 44 heavy (non-hydrogen) atoms. The number of fused-ring (bicyclic) bond motifs is 1. The topological polar surface area (TPSA) is 136 Å². The van der Waals surface area contributed by atoms with E-state index in [1.54, 1.807) is 13.0 Å². The molecule has 6 rings (SSSR count). The highest BCUT2D eigenvalue weighted by Crippen LogP contribution is 2.53. The number of nitriles is 1. The van der Waals surface area contributed by atoms with Crippen LogP contribution in [0.1, 0.15) is 29.7 Å². The molecule has 0 bridgehead atoms. The lowest BCUT2D eigenvalue weighted by Crippen LogP contribution is -2.31. The number of nitrogens with two attached hydrogens (primary N) is 2. The molecule has 0 aliphatic carbocycles. The molecule has 16 heteroatoms. The van der Waals surface area contributed by atoms with Crippen LogP contribution >= 0.6 is 11.3 Å². The first-order valence-corrected chi connectivity index (χ1v) is 13.6. The maximum atomic E-state index is 16.8. The largest absolute Gasteiger partial charge is 0.490 e. The number of pyridine rings is 1. The summed E-state index contributed by atoms with van der Waals surface area (Å²) >= 11 is 0.649. The van der Waals surface area contributed by atoms with Crippen molar-refractivity contribution in [1.29, 1.82) is 5.26 Å². The molecule has 0 saturated carbocycles. The number of nitrogens with zero attached hydrogens (tertiary/aromatic N) is 5. The van der Waals surface area contributed by atoms with Gasteiger partial charge < -0.3 is 25.8 Å². The number of nitrogen functional groups attached to an aromatic ring is 2. The average molecular weight is 632 g/mol. The highest BCUT2D eigenvalue weighted by molar-refractivity contribution is 7.23. The first-order chi connectivity index (χ1) is 20.9. The number of methoxy groups -OCH3 is 1. The summed E-state index contributed by atoms with van der Waals surface area (Å²) in [5.74, 6) is -4.04. The van der Waals surface area contributed by atoms with E-state index in [0.29, 0.717) is 11.3 Å². The molecular weight excluding hydrogens is 612 g/mol. The van der Waals surface area contributed by atoms with E-state index in [-0.39, 0.29) is 51.0 Å². The van der Waals surface area contributed by atoms with Gasteiger partial charge in [0.05, 0.1) is 41.5 Å². The van der Waals surface area contributed by atoms with Gasteiger partial charge >= 0.3 is 12.2 Å². The molecular formula is C28H19F6N7O2S. The van der Waals surface area contributed by atoms with Gasteiger partial charge in [-0.2, -0.15) is 28.4 Å². The summed E-state index contributed by atoms with van der Waals surface area (Å²) in [6.07, 6.45) is -4.32. The lowest BCUT2D eigenvalue weighted by Gasteiger charge is -2.30. The molecule has 1 aliphatic rings. The third kappa shape index (κ3) is 4.34. The summed E-state index contributed by atoms with van der Waals surface area (Å²) in [4.78, 5) is 13.6. The fourth-order valence-electron chi connectivity index (χ4n) is 5.44. The average Bonchev–Trinajstić information content (AvgIpc) is 3.21. The minimum atomic E-state index is -5.23. The number of aromatic nitrogens is 3. The Bertz CT molecular complexity index is 2040. The Balaban J connectivity index is 1.75. The molecule has 0 saturated heterocycles. The van der Waals surface area contributed by atoms with Gasteiger partial charge in [0.1, 0.15) is 57.8 Å². The molecule has 0 radical (unpaired) electrons. The fraction of sp³-hybridized carbons (Fsp3) is 0.214. The molecule has 4 heterocycles. The third-order valence-corrected chi connectivity index (χ3v) is 8.38. The van der Waals surface area contributed by atoms with Crippen molar-refractivity contribution in [2.75, 3.05) is 36.6 Å². The smallest absolute Gasteiger partial charge is 0.420 e. The van der Waals surface area contributed by atoms with E-state index in [9.17, 15) is 14.0 Å². The molecule has 4 N–H and O–H groups in total. The summed E-state index contributed by atoms with van der Waals surface area (Å²) in [7, 11) is 1.18. The fourth-order valence-corrected chi connectivity index (χ4v) is 6.39. The second kappa shape index (κ2) is 10.3. The van der Waals surface area contributed by atoms with E-state index in [2.05, 4.69) is 15.0 Å². The Morgan fingerprint density at radius 3 is 2.59 bits per heavy atom. The number of thiophene rings is 1. The van der Waals surface area contributed by atoms with Crippen LogP contribution in [0.3, 0.4) is 0 Å². The molecule has 3 aromatic heterocycles. The highest BCUT2D eigenvalue weighted by atomic mass is 32.1. The molecule has 0 spiro atoms. The van der Waals surface area contributed by atoms with E-state index >= 15 is 17.6 Å². The number of anilines is 3. The van der Waals surface area contributed by atoms with E-state index in [0.717, 1.165) is 24.4 Å². The normalized spacial score (nSPS) is 13.9. The molecule has 9 nitrogen and oxygen atoms in total. The van der Waals surface area contributed by atoms with Crippen LogP contribution in [0.4, 0.5) is 43.0 Å². The zero-order valence-corrected chi connectivity index (χ0v) is 23.5. The number of rotatable bonds is 4. The first-order valence-electron chi connectivity index (χ1n) is 12.8. The van der Waals surface area contributed by atoms with Crippen LogP contribution in [0.5, 0.6) is 11.8 Å². The summed E-state index contributed by atoms with van der Waals surface area (Å²) in [5.41, 5.74) is 8.19. The number of benzene rings is 2. The molecule has 1 atom stereocenters. The zero-order valence-electron chi connectivity index (χ0n) is 22.7. The highest BCUT2D eigenvalue weighted by Gasteiger charge is 2.44. The maximum absolute atomic E-state index is 16.8. The second-order valence-corrected chi connectivity index (χ2v) is 10.8. The Morgan fingerprint density at radius 2 is 1.91 bits per heavy atom. The predicted octanol–water partition coefficient (Wildman–Crippen LogP) is 6.35. The van der Waals surface area contributed by atoms with E-state index in [1.807, 2.05) is 0 Å². The monoisotopic (exact) mass is 631 g/mol. The van der Waals surface area contributed by atoms with Gasteiger partial charge in [0.15, 0.2) is 5.82 Å². The van der Waals surface area contributed by atoms with Crippen molar-refractivity contribution in [2.45, 2.75) is 19.1 Å². The summed E-state index contributed by atoms with van der Waals surface area (Å²) in [6.45, 7) is 1.13. The number of halogens is 6. The Morgan fingerprint density at radius 1 is 1.16 bits per heavy atom. The summed E-state index contributed by atoms with van der Waals surface area (Å²) in [6, 6.07) is 3.48. The van der Waals surface area contributed by atoms with Crippen molar-refractivity contribution < 1.29 is 35.8 Å². The quantitative estimate of drug-likeness (QED) is 0.218. The standard InChI is InChI=1S/C28H19F6N7O2S/c1-10(13-7-11(29)9-38-24(13)36)41-5-6-43-22-18-21(39-27(42-2)40-26(18)41)20(31)17(19(22)28(32,33)34)12-3-4-15(30)23-16(12)14(8-35)25(37)44-23/h3-4,7,9-10H,5-6,37H2,1-2H3,(H2,36,38). The van der Waals surface area contributed by atoms with Gasteiger partial charge in [-0.05, 0) is 24.6 Å². The Kier molecular flexibility index (Phi) is 6.80. The molecule has 1 unspecified atom stereocenters. The number of alkyl halides is 3. The van der Waals surface area contributed by atoms with Crippen LogP contribution in [0.2, 0.25) is 0 Å². The third-order valence-electron chi connectivity index (χ3n) is 7.35. The van der Waals surface area contributed by atoms with Crippen molar-refractivity contribution in [1.82, 2.24) is 15.0 Å². The van der Waals surface area contributed by atoms with Crippen molar-refractivity contribution in [3.63, 3.8) is 0 Å². The van der Waals surface area contributed by atoms with Crippen LogP contribution in [0.25, 0.3) is 32.1 Å². The van der Waals surface area contributed by atoms with Gasteiger partial charge in [-0.1, -0.05) is 6.07 Å². The van der Waals surface area contributed by atoms with Crippen molar-refractivity contribution in [3.8, 4) is 29.0 Å². The van der Waals surface area contributed by atoms with Crippen LogP contribution in [0, 0.1) is 28.8 Å². The van der Waals surface area contributed by atoms with Crippen LogP contribution in [-0.4, -0.2) is 35.2 Å². The molecule has 2 aromatic carbocycles. The van der Waals surface area contributed by atoms with Crippen LogP contribution in [-0.2, 0) is 6.18 Å². The minimum absolute atomic E-state index is 0.0391. The lowest BCUT2D eigenvalue weighted by molar-refractivity contribution is -0.138. The van der Waals surface area contributed by atoms with E-state index in [4.69, 9.17) is 20.9 Å². The van der Waals surface area contributed by atoms with Gasteiger partial charge in [-0.25, -0.2) is 18.2 Å². The molecule has 5 aromatic rings. The van der Waals surface area contributed by atoms with Crippen molar-refractivity contribution in [2.24, 2.45) is 0 Å². The van der Waals surface area contributed by atoms with E-state index in [1.165, 1.54) is 12.0 Å². The minimum Gasteiger partial charge on any atom is -0.490 e. The molecule has 226 valence electrons. The predicted molar refractivity (Wildman–Crippen MR) is 151 cm³/mol. The zero-order chi connectivity index (χ0) is 31.7. The van der Waals surface area contributed by atoms with Crippen molar-refractivity contribution in [3.05, 3.63) is 58.5 Å². The van der Waals surface area contributed by atoms with Gasteiger partial charge in [-0.3, -0.25) is 0 Å². The Hall–Kier alpha value is -5.04. The van der Waals surface area contributed by atoms with Gasteiger partial charge in [-0.15, -0.1) is 11.3 Å². The van der Waals surface area contributed by atoms with Crippen LogP contribution < -0.4 is 25.8 Å². The molecule has 1 aliphatic heterocycles. The first kappa shape index (κ1) is 29.1. The van der Waals surface area contributed by atoms with Gasteiger partial charge in [0, 0.05) is 16.5 Å². The SMILES string of the molecule is COc1nc2c3c(c(C(F)(F)F)c(-c4ccc(F)c5sc(N)c(C#N)c45)c(F)c3n1)OCCN2C(C)c1cc(F)cnc1N. The number of ether oxygens (including phenoxy) is 2. The number of hydrogen-bond acceptors (Lipinski definition) is 10. The summed E-state index contributed by atoms with van der Waals surface area (Å²) < 4.78 is 102. The molecule has 0 amide bonds. The second-order valence-electron chi connectivity index (χ2n) is 9.75. The van der Waals surface area contributed by atoms with Crippen LogP contribution in [0.15, 0.2) is 24.4 Å². The van der Waals surface area contributed by atoms with Gasteiger partial charge in [0.25, 0.3) is 0 Å². The van der Waals surface area contributed by atoms with Gasteiger partial charge in [0.2, 0.25) is 0 Å². The Labute approximate surface area is 248 Å². The number of hydrogen-bond donors (Lipinski definition) is 2. The van der Waals surface area contributed by atoms with Crippen molar-refractivity contribution >= 4 is 49.0 Å². The summed E-state index contributed by atoms with van der Waals surface area (Å²) in [5, 5.41) is 8.86. The van der Waals surface area contributed by atoms with E-state index < -0.39 is 69.0 Å². The lowest BCUT2D eigenvalue weighted by atomic mass is 9.91.